The lowest BCUT2D eigenvalue weighted by Crippen LogP contribution is -2.03. The summed E-state index contributed by atoms with van der Waals surface area (Å²) < 4.78 is 16.5. The van der Waals surface area contributed by atoms with Crippen molar-refractivity contribution in [3.8, 4) is 0 Å². The van der Waals surface area contributed by atoms with Crippen molar-refractivity contribution in [3.05, 3.63) is 0 Å². The van der Waals surface area contributed by atoms with Gasteiger partial charge in [-0.3, -0.25) is 4.57 Å². The maximum Gasteiger partial charge on any atom is 0.202 e. The summed E-state index contributed by atoms with van der Waals surface area (Å²) in [6.07, 6.45) is 3.31. The lowest BCUT2D eigenvalue weighted by Gasteiger charge is -2.18. The zero-order valence-corrected chi connectivity index (χ0v) is 8.86. The van der Waals surface area contributed by atoms with Crippen molar-refractivity contribution in [2.24, 2.45) is 0 Å². The van der Waals surface area contributed by atoms with Crippen molar-refractivity contribution in [3.63, 3.8) is 0 Å². The molecule has 0 spiro atoms. The molecule has 0 saturated carbocycles. The normalized spacial score (nSPS) is 19.3. The fourth-order valence-corrected chi connectivity index (χ4v) is 1.93. The summed E-state index contributed by atoms with van der Waals surface area (Å²) >= 11 is 0. The van der Waals surface area contributed by atoms with E-state index in [1.165, 1.54) is 7.11 Å². The van der Waals surface area contributed by atoms with Crippen LogP contribution >= 0.6 is 7.37 Å². The van der Waals surface area contributed by atoms with Crippen molar-refractivity contribution < 1.29 is 9.09 Å². The molecule has 0 radical (unpaired) electrons. The van der Waals surface area contributed by atoms with E-state index < -0.39 is 7.37 Å². The minimum Gasteiger partial charge on any atom is -0.332 e. The highest BCUT2D eigenvalue weighted by atomic mass is 31.2. The highest BCUT2D eigenvalue weighted by Gasteiger charge is 2.22. The standard InChI is InChI=1S/C8H19O2P/c1-5-6-7-8(2)11(4,9)10-3/h8H,5-7H2,1-4H3. The fourth-order valence-electron chi connectivity index (χ4n) is 0.914. The van der Waals surface area contributed by atoms with E-state index in [1.807, 2.05) is 6.92 Å². The van der Waals surface area contributed by atoms with Gasteiger partial charge in [0.25, 0.3) is 0 Å². The molecule has 0 N–H and O–H groups in total. The summed E-state index contributed by atoms with van der Waals surface area (Å²) in [6, 6.07) is 0. The summed E-state index contributed by atoms with van der Waals surface area (Å²) in [5.41, 5.74) is 0.215. The van der Waals surface area contributed by atoms with E-state index in [9.17, 15) is 4.57 Å². The molecular weight excluding hydrogens is 159 g/mol. The molecule has 0 aromatic rings. The van der Waals surface area contributed by atoms with Gasteiger partial charge in [-0.1, -0.05) is 26.7 Å². The topological polar surface area (TPSA) is 26.3 Å². The zero-order valence-electron chi connectivity index (χ0n) is 7.96. The molecule has 68 valence electrons. The fraction of sp³-hybridized carbons (Fsp3) is 1.00. The van der Waals surface area contributed by atoms with Gasteiger partial charge in [0.05, 0.1) is 0 Å². The Morgan fingerprint density at radius 3 is 2.45 bits per heavy atom. The quantitative estimate of drug-likeness (QED) is 0.604. The zero-order chi connectivity index (χ0) is 8.91. The van der Waals surface area contributed by atoms with Gasteiger partial charge in [0.1, 0.15) is 0 Å². The first-order valence-electron chi connectivity index (χ1n) is 4.17. The molecule has 0 aliphatic heterocycles. The number of hydrogen-bond acceptors (Lipinski definition) is 2. The summed E-state index contributed by atoms with van der Waals surface area (Å²) in [7, 11) is -0.763. The Balaban J connectivity index is 3.81. The second-order valence-electron chi connectivity index (χ2n) is 3.08. The molecule has 0 aliphatic carbocycles. The van der Waals surface area contributed by atoms with Crippen LogP contribution in [0.25, 0.3) is 0 Å². The van der Waals surface area contributed by atoms with Gasteiger partial charge in [0.15, 0.2) is 0 Å². The maximum absolute atomic E-state index is 11.6. The minimum atomic E-state index is -2.29. The molecule has 11 heavy (non-hydrogen) atoms. The molecule has 0 aromatic heterocycles. The van der Waals surface area contributed by atoms with Crippen LogP contribution < -0.4 is 0 Å². The highest BCUT2D eigenvalue weighted by molar-refractivity contribution is 7.58. The van der Waals surface area contributed by atoms with Crippen LogP contribution in [-0.4, -0.2) is 19.4 Å². The summed E-state index contributed by atoms with van der Waals surface area (Å²) in [4.78, 5) is 0. The van der Waals surface area contributed by atoms with Crippen molar-refractivity contribution >= 4 is 7.37 Å². The van der Waals surface area contributed by atoms with Gasteiger partial charge < -0.3 is 4.52 Å². The second-order valence-corrected chi connectivity index (χ2v) is 6.15. The lowest BCUT2D eigenvalue weighted by molar-refractivity contribution is 0.386. The Kier molecular flexibility index (Phi) is 5.03. The number of unbranched alkanes of at least 4 members (excludes halogenated alkanes) is 1. The first-order valence-corrected chi connectivity index (χ1v) is 6.31. The highest BCUT2D eigenvalue weighted by Crippen LogP contribution is 2.48. The Bertz CT molecular complexity index is 145. The molecule has 3 heteroatoms. The molecular formula is C8H19O2P. The van der Waals surface area contributed by atoms with E-state index in [4.69, 9.17) is 4.52 Å². The SMILES string of the molecule is CCCCC(C)P(C)(=O)OC. The predicted molar refractivity (Wildman–Crippen MR) is 49.5 cm³/mol. The van der Waals surface area contributed by atoms with Crippen LogP contribution in [0.4, 0.5) is 0 Å². The Labute approximate surface area is 69.8 Å². The van der Waals surface area contributed by atoms with Gasteiger partial charge in [-0.25, -0.2) is 0 Å². The van der Waals surface area contributed by atoms with Crippen LogP contribution in [0.3, 0.4) is 0 Å². The molecule has 2 unspecified atom stereocenters. The molecule has 0 amide bonds. The molecule has 2 nitrogen and oxygen atoms in total. The monoisotopic (exact) mass is 178 g/mol. The van der Waals surface area contributed by atoms with Gasteiger partial charge in [-0.2, -0.15) is 0 Å². The number of rotatable bonds is 5. The van der Waals surface area contributed by atoms with Crippen molar-refractivity contribution in [2.75, 3.05) is 13.8 Å². The average molecular weight is 178 g/mol. The van der Waals surface area contributed by atoms with Crippen LogP contribution in [0, 0.1) is 0 Å². The van der Waals surface area contributed by atoms with E-state index in [0.717, 1.165) is 19.3 Å². The van der Waals surface area contributed by atoms with E-state index >= 15 is 0 Å². The molecule has 0 saturated heterocycles. The minimum absolute atomic E-state index is 0.215. The molecule has 0 heterocycles. The van der Waals surface area contributed by atoms with Crippen LogP contribution in [-0.2, 0) is 9.09 Å². The van der Waals surface area contributed by atoms with Crippen LogP contribution in [0.15, 0.2) is 0 Å². The van der Waals surface area contributed by atoms with E-state index in [0.29, 0.717) is 0 Å². The van der Waals surface area contributed by atoms with E-state index in [-0.39, 0.29) is 5.66 Å². The van der Waals surface area contributed by atoms with Gasteiger partial charge in [-0.05, 0) is 6.42 Å². The van der Waals surface area contributed by atoms with Crippen molar-refractivity contribution in [1.82, 2.24) is 0 Å². The third-order valence-electron chi connectivity index (χ3n) is 2.14. The molecule has 0 bridgehead atoms. The van der Waals surface area contributed by atoms with Crippen molar-refractivity contribution in [1.29, 1.82) is 0 Å². The maximum atomic E-state index is 11.6. The Morgan fingerprint density at radius 1 is 1.55 bits per heavy atom. The van der Waals surface area contributed by atoms with Crippen molar-refractivity contribution in [2.45, 2.75) is 38.8 Å². The van der Waals surface area contributed by atoms with Gasteiger partial charge in [0.2, 0.25) is 7.37 Å². The third kappa shape index (κ3) is 3.93. The summed E-state index contributed by atoms with van der Waals surface area (Å²) in [5.74, 6) is 0. The third-order valence-corrected chi connectivity index (χ3v) is 4.72. The molecule has 0 fully saturated rings. The Hall–Kier alpha value is 0.190. The first-order chi connectivity index (χ1) is 5.04. The van der Waals surface area contributed by atoms with E-state index in [2.05, 4.69) is 6.92 Å². The molecule has 0 aromatic carbocycles. The van der Waals surface area contributed by atoms with Crippen LogP contribution in [0.5, 0.6) is 0 Å². The molecule has 2 atom stereocenters. The van der Waals surface area contributed by atoms with Gasteiger partial charge in [0, 0.05) is 19.4 Å². The Morgan fingerprint density at radius 2 is 2.09 bits per heavy atom. The van der Waals surface area contributed by atoms with Gasteiger partial charge in [-0.15, -0.1) is 0 Å². The van der Waals surface area contributed by atoms with Crippen LogP contribution in [0.1, 0.15) is 33.1 Å². The summed E-state index contributed by atoms with van der Waals surface area (Å²) in [5, 5.41) is 0. The summed E-state index contributed by atoms with van der Waals surface area (Å²) in [6.45, 7) is 5.85. The average Bonchev–Trinajstić information content (AvgIpc) is 2.00. The molecule has 0 rings (SSSR count). The number of hydrogen-bond donors (Lipinski definition) is 0. The molecule has 0 aliphatic rings. The smallest absolute Gasteiger partial charge is 0.202 e. The van der Waals surface area contributed by atoms with Gasteiger partial charge >= 0.3 is 0 Å². The van der Waals surface area contributed by atoms with Crippen LogP contribution in [0.2, 0.25) is 0 Å². The lowest BCUT2D eigenvalue weighted by atomic mass is 10.2. The second kappa shape index (κ2) is 4.95. The predicted octanol–water partition coefficient (Wildman–Crippen LogP) is 3.12. The van der Waals surface area contributed by atoms with E-state index in [1.54, 1.807) is 6.66 Å². The first kappa shape index (κ1) is 11.2. The largest absolute Gasteiger partial charge is 0.332 e.